The van der Waals surface area contributed by atoms with E-state index in [0.717, 1.165) is 22.7 Å². The number of hydrogen-bond acceptors (Lipinski definition) is 7. The first-order valence-electron chi connectivity index (χ1n) is 11.4. The van der Waals surface area contributed by atoms with Crippen LogP contribution in [0.4, 0.5) is 11.4 Å². The smallest absolute Gasteiger partial charge is 0.339 e. The highest BCUT2D eigenvalue weighted by Crippen LogP contribution is 2.24. The number of ether oxygens (including phenoxy) is 1. The van der Waals surface area contributed by atoms with E-state index < -0.39 is 10.1 Å². The molecule has 0 aliphatic carbocycles. The molecule has 0 bridgehead atoms. The summed E-state index contributed by atoms with van der Waals surface area (Å²) in [5.74, 6) is 1.07. The van der Waals surface area contributed by atoms with Crippen molar-refractivity contribution in [3.63, 3.8) is 0 Å². The number of carbonyl (C=O) groups is 1. The van der Waals surface area contributed by atoms with E-state index in [0.29, 0.717) is 26.2 Å². The van der Waals surface area contributed by atoms with E-state index in [2.05, 4.69) is 10.2 Å². The average molecular weight is 496 g/mol. The maximum Gasteiger partial charge on any atom is 0.339 e. The van der Waals surface area contributed by atoms with Crippen molar-refractivity contribution in [2.24, 2.45) is 0 Å². The molecule has 0 aromatic heterocycles. The Kier molecular flexibility index (Phi) is 7.45. The van der Waals surface area contributed by atoms with Gasteiger partial charge in [0.1, 0.15) is 16.4 Å². The van der Waals surface area contributed by atoms with Crippen molar-refractivity contribution < 1.29 is 22.1 Å². The quantitative estimate of drug-likeness (QED) is 0.478. The van der Waals surface area contributed by atoms with Crippen LogP contribution in [0.5, 0.6) is 11.5 Å². The Balaban J connectivity index is 1.27. The fraction of sp³-hybridized carbons (Fsp3) is 0.269. The van der Waals surface area contributed by atoms with Gasteiger partial charge in [-0.3, -0.25) is 4.79 Å². The van der Waals surface area contributed by atoms with Crippen LogP contribution < -0.4 is 19.1 Å². The largest absolute Gasteiger partial charge is 0.497 e. The lowest BCUT2D eigenvalue weighted by Gasteiger charge is -2.36. The highest BCUT2D eigenvalue weighted by Gasteiger charge is 2.22. The van der Waals surface area contributed by atoms with E-state index in [-0.39, 0.29) is 23.1 Å². The van der Waals surface area contributed by atoms with E-state index in [1.165, 1.54) is 12.1 Å². The second kappa shape index (κ2) is 10.7. The summed E-state index contributed by atoms with van der Waals surface area (Å²) in [6.45, 7) is 4.73. The van der Waals surface area contributed by atoms with Gasteiger partial charge in [0, 0.05) is 37.6 Å². The molecule has 4 rings (SSSR count). The lowest BCUT2D eigenvalue weighted by Crippen LogP contribution is -2.50. The molecule has 1 N–H and O–H groups in total. The molecule has 1 heterocycles. The van der Waals surface area contributed by atoms with Crippen LogP contribution in [0.1, 0.15) is 5.56 Å². The number of aryl methyl sites for hydroxylation is 1. The Morgan fingerprint density at radius 3 is 2.06 bits per heavy atom. The molecule has 0 radical (unpaired) electrons. The summed E-state index contributed by atoms with van der Waals surface area (Å²) in [5.41, 5.74) is 2.79. The molecule has 0 unspecified atom stereocenters. The van der Waals surface area contributed by atoms with Gasteiger partial charge in [0.25, 0.3) is 0 Å². The summed E-state index contributed by atoms with van der Waals surface area (Å²) >= 11 is 0. The topological polar surface area (TPSA) is 88.2 Å². The molecule has 0 saturated carbocycles. The van der Waals surface area contributed by atoms with Crippen LogP contribution in [0.15, 0.2) is 77.7 Å². The predicted molar refractivity (Wildman–Crippen MR) is 136 cm³/mol. The highest BCUT2D eigenvalue weighted by molar-refractivity contribution is 7.87. The van der Waals surface area contributed by atoms with Crippen LogP contribution in [0.25, 0.3) is 0 Å². The Morgan fingerprint density at radius 2 is 1.46 bits per heavy atom. The van der Waals surface area contributed by atoms with Crippen LogP contribution in [-0.2, 0) is 14.9 Å². The third-order valence-corrected chi connectivity index (χ3v) is 7.14. The molecule has 8 nitrogen and oxygen atoms in total. The van der Waals surface area contributed by atoms with Gasteiger partial charge in [0.2, 0.25) is 5.91 Å². The van der Waals surface area contributed by atoms with Crippen LogP contribution in [-0.4, -0.2) is 59.1 Å². The van der Waals surface area contributed by atoms with Crippen molar-refractivity contribution in [3.8, 4) is 11.5 Å². The van der Waals surface area contributed by atoms with Crippen molar-refractivity contribution in [2.45, 2.75) is 11.8 Å². The van der Waals surface area contributed by atoms with Gasteiger partial charge in [-0.25, -0.2) is 0 Å². The summed E-state index contributed by atoms with van der Waals surface area (Å²) in [4.78, 5) is 16.7. The first-order valence-corrected chi connectivity index (χ1v) is 12.8. The molecule has 9 heteroatoms. The summed E-state index contributed by atoms with van der Waals surface area (Å²) in [6, 6.07) is 21.0. The molecule has 1 aliphatic heterocycles. The van der Waals surface area contributed by atoms with E-state index in [1.54, 1.807) is 31.4 Å². The molecular weight excluding hydrogens is 466 g/mol. The summed E-state index contributed by atoms with van der Waals surface area (Å²) in [7, 11) is -2.27. The third-order valence-electron chi connectivity index (χ3n) is 5.88. The molecule has 0 spiro atoms. The summed E-state index contributed by atoms with van der Waals surface area (Å²) < 4.78 is 35.4. The SMILES string of the molecule is COc1ccc(NCC(=O)N2CCN(c3ccc(OS(=O)(=O)c4ccc(C)cc4)cc3)CC2)cc1. The monoisotopic (exact) mass is 495 g/mol. The number of nitrogens with zero attached hydrogens (tertiary/aromatic N) is 2. The van der Waals surface area contributed by atoms with Gasteiger partial charge >= 0.3 is 10.1 Å². The second-order valence-electron chi connectivity index (χ2n) is 8.29. The lowest BCUT2D eigenvalue weighted by atomic mass is 10.2. The zero-order valence-corrected chi connectivity index (χ0v) is 20.6. The number of nitrogens with one attached hydrogen (secondary N) is 1. The Hall–Kier alpha value is -3.72. The number of carbonyl (C=O) groups excluding carboxylic acids is 1. The molecule has 0 atom stereocenters. The predicted octanol–water partition coefficient (Wildman–Crippen LogP) is 3.53. The number of hydrogen-bond donors (Lipinski definition) is 1. The van der Waals surface area contributed by atoms with Crippen molar-refractivity contribution in [3.05, 3.63) is 78.4 Å². The number of methoxy groups -OCH3 is 1. The minimum Gasteiger partial charge on any atom is -0.497 e. The summed E-state index contributed by atoms with van der Waals surface area (Å²) in [6.07, 6.45) is 0. The molecular formula is C26H29N3O5S. The molecule has 184 valence electrons. The first kappa shape index (κ1) is 24.4. The zero-order chi connectivity index (χ0) is 24.8. The molecule has 1 amide bonds. The van der Waals surface area contributed by atoms with Gasteiger partial charge in [-0.05, 0) is 67.6 Å². The third kappa shape index (κ3) is 6.24. The number of amides is 1. The van der Waals surface area contributed by atoms with Gasteiger partial charge in [-0.15, -0.1) is 0 Å². The van der Waals surface area contributed by atoms with Crippen molar-refractivity contribution >= 4 is 27.4 Å². The Morgan fingerprint density at radius 1 is 0.857 bits per heavy atom. The maximum absolute atomic E-state index is 12.6. The molecule has 35 heavy (non-hydrogen) atoms. The maximum atomic E-state index is 12.6. The van der Waals surface area contributed by atoms with Gasteiger partial charge in [-0.1, -0.05) is 17.7 Å². The number of anilines is 2. The molecule has 1 fully saturated rings. The average Bonchev–Trinajstić information content (AvgIpc) is 2.88. The second-order valence-corrected chi connectivity index (χ2v) is 9.84. The van der Waals surface area contributed by atoms with E-state index in [1.807, 2.05) is 48.2 Å². The molecule has 1 aliphatic rings. The van der Waals surface area contributed by atoms with Gasteiger partial charge in [0.15, 0.2) is 0 Å². The van der Waals surface area contributed by atoms with Crippen LogP contribution in [0, 0.1) is 6.92 Å². The fourth-order valence-electron chi connectivity index (χ4n) is 3.80. The number of benzene rings is 3. The van der Waals surface area contributed by atoms with E-state index in [9.17, 15) is 13.2 Å². The first-order chi connectivity index (χ1) is 16.8. The van der Waals surface area contributed by atoms with Crippen molar-refractivity contribution in [1.29, 1.82) is 0 Å². The minimum atomic E-state index is -3.88. The van der Waals surface area contributed by atoms with Crippen LogP contribution in [0.3, 0.4) is 0 Å². The molecule has 3 aromatic rings. The van der Waals surface area contributed by atoms with Gasteiger partial charge in [-0.2, -0.15) is 8.42 Å². The highest BCUT2D eigenvalue weighted by atomic mass is 32.2. The standard InChI is InChI=1S/C26H29N3O5S/c1-20-3-13-25(14-4-20)35(31,32)34-24-11-7-22(8-12-24)28-15-17-29(18-16-28)26(30)19-27-21-5-9-23(33-2)10-6-21/h3-14,27H,15-19H2,1-2H3. The fourth-order valence-corrected chi connectivity index (χ4v) is 4.73. The Bertz CT molecular complexity index is 1240. The zero-order valence-electron chi connectivity index (χ0n) is 19.8. The van der Waals surface area contributed by atoms with Gasteiger partial charge in [0.05, 0.1) is 13.7 Å². The molecule has 1 saturated heterocycles. The summed E-state index contributed by atoms with van der Waals surface area (Å²) in [5, 5.41) is 3.15. The van der Waals surface area contributed by atoms with E-state index >= 15 is 0 Å². The number of piperazine rings is 1. The van der Waals surface area contributed by atoms with Crippen LogP contribution >= 0.6 is 0 Å². The Labute approximate surface area is 206 Å². The lowest BCUT2D eigenvalue weighted by molar-refractivity contribution is -0.129. The van der Waals surface area contributed by atoms with Crippen molar-refractivity contribution in [1.82, 2.24) is 4.90 Å². The van der Waals surface area contributed by atoms with Crippen LogP contribution in [0.2, 0.25) is 0 Å². The van der Waals surface area contributed by atoms with E-state index in [4.69, 9.17) is 8.92 Å². The van der Waals surface area contributed by atoms with Crippen molar-refractivity contribution in [2.75, 3.05) is 50.1 Å². The normalized spacial score (nSPS) is 13.9. The minimum absolute atomic E-state index is 0.0468. The van der Waals surface area contributed by atoms with Gasteiger partial charge < -0.3 is 24.0 Å². The molecule has 3 aromatic carbocycles. The number of rotatable bonds is 8.